The van der Waals surface area contributed by atoms with Gasteiger partial charge in [-0.05, 0) is 42.3 Å². The zero-order valence-corrected chi connectivity index (χ0v) is 18.3. The number of benzene rings is 2. The van der Waals surface area contributed by atoms with Gasteiger partial charge in [-0.25, -0.2) is 9.37 Å². The molecule has 0 N–H and O–H groups in total. The fraction of sp³-hybridized carbons (Fsp3) is 0.364. The van der Waals surface area contributed by atoms with Gasteiger partial charge in [0.05, 0.1) is 29.9 Å². The number of carbonyl (C=O) groups excluding carboxylic acids is 1. The first-order valence-corrected chi connectivity index (χ1v) is 11.1. The van der Waals surface area contributed by atoms with Crippen LogP contribution in [-0.2, 0) is 16.0 Å². The van der Waals surface area contributed by atoms with Crippen molar-refractivity contribution in [3.05, 3.63) is 58.4 Å². The van der Waals surface area contributed by atoms with E-state index in [2.05, 4.69) is 4.90 Å². The van der Waals surface area contributed by atoms with Crippen LogP contribution in [0.15, 0.2) is 36.4 Å². The van der Waals surface area contributed by atoms with Crippen LogP contribution in [0.5, 0.6) is 0 Å². The summed E-state index contributed by atoms with van der Waals surface area (Å²) in [4.78, 5) is 22.0. The van der Waals surface area contributed by atoms with E-state index >= 15 is 0 Å². The molecular weight excluding hydrogens is 425 g/mol. The molecule has 4 rings (SSSR count). The van der Waals surface area contributed by atoms with Gasteiger partial charge in [-0.3, -0.25) is 14.6 Å². The first-order chi connectivity index (χ1) is 14.5. The highest BCUT2D eigenvalue weighted by atomic mass is 35.5. The number of aryl methyl sites for hydroxylation is 1. The highest BCUT2D eigenvalue weighted by Crippen LogP contribution is 2.33. The Bertz CT molecular complexity index is 1030. The molecule has 2 aromatic carbocycles. The topological polar surface area (TPSA) is 45.7 Å². The number of hydrogen-bond acceptors (Lipinski definition) is 5. The van der Waals surface area contributed by atoms with Gasteiger partial charge in [0.2, 0.25) is 5.91 Å². The predicted molar refractivity (Wildman–Crippen MR) is 119 cm³/mol. The summed E-state index contributed by atoms with van der Waals surface area (Å²) in [5.74, 6) is -0.369. The molecule has 5 nitrogen and oxygen atoms in total. The molecule has 0 aliphatic carbocycles. The summed E-state index contributed by atoms with van der Waals surface area (Å²) in [5.41, 5.74) is 2.52. The second-order valence-electron chi connectivity index (χ2n) is 7.32. The molecular formula is C22H23ClFN3O2S. The Morgan fingerprint density at radius 2 is 1.97 bits per heavy atom. The van der Waals surface area contributed by atoms with Crippen molar-refractivity contribution < 1.29 is 13.9 Å². The number of fused-ring (bicyclic) bond motifs is 1. The van der Waals surface area contributed by atoms with Crippen LogP contribution in [-0.4, -0.2) is 55.2 Å². The fourth-order valence-corrected chi connectivity index (χ4v) is 4.69. The quantitative estimate of drug-likeness (QED) is 0.565. The summed E-state index contributed by atoms with van der Waals surface area (Å²) in [5, 5.41) is 1.33. The third-order valence-electron chi connectivity index (χ3n) is 5.28. The third kappa shape index (κ3) is 4.81. The Morgan fingerprint density at radius 1 is 1.23 bits per heavy atom. The van der Waals surface area contributed by atoms with E-state index in [9.17, 15) is 9.18 Å². The van der Waals surface area contributed by atoms with Crippen molar-refractivity contribution >= 4 is 44.2 Å². The van der Waals surface area contributed by atoms with Gasteiger partial charge in [0, 0.05) is 31.2 Å². The van der Waals surface area contributed by atoms with Gasteiger partial charge in [-0.1, -0.05) is 35.1 Å². The number of hydrogen-bond donors (Lipinski definition) is 0. The fourth-order valence-electron chi connectivity index (χ4n) is 3.47. The largest absolute Gasteiger partial charge is 0.379 e. The number of amides is 1. The number of halogens is 2. The lowest BCUT2D eigenvalue weighted by atomic mass is 10.1. The minimum atomic E-state index is -0.311. The summed E-state index contributed by atoms with van der Waals surface area (Å²) >= 11 is 7.75. The molecule has 1 aromatic heterocycles. The first-order valence-electron chi connectivity index (χ1n) is 9.92. The molecule has 1 fully saturated rings. The van der Waals surface area contributed by atoms with Crippen molar-refractivity contribution in [3.63, 3.8) is 0 Å². The molecule has 0 spiro atoms. The second kappa shape index (κ2) is 9.39. The van der Waals surface area contributed by atoms with Crippen LogP contribution in [0, 0.1) is 12.7 Å². The lowest BCUT2D eigenvalue weighted by Crippen LogP contribution is -2.43. The summed E-state index contributed by atoms with van der Waals surface area (Å²) in [6.45, 7) is 6.35. The molecule has 1 aliphatic heterocycles. The molecule has 30 heavy (non-hydrogen) atoms. The Labute approximate surface area is 184 Å². The van der Waals surface area contributed by atoms with E-state index in [4.69, 9.17) is 21.3 Å². The third-order valence-corrected chi connectivity index (χ3v) is 6.73. The van der Waals surface area contributed by atoms with Gasteiger partial charge in [0.1, 0.15) is 5.82 Å². The van der Waals surface area contributed by atoms with E-state index in [1.807, 2.05) is 19.1 Å². The number of carbonyl (C=O) groups is 1. The smallest absolute Gasteiger partial charge is 0.233 e. The predicted octanol–water partition coefficient (Wildman–Crippen LogP) is 4.31. The molecule has 1 saturated heterocycles. The van der Waals surface area contributed by atoms with Crippen molar-refractivity contribution in [2.75, 3.05) is 44.3 Å². The second-order valence-corrected chi connectivity index (χ2v) is 8.73. The van der Waals surface area contributed by atoms with Gasteiger partial charge in [0.15, 0.2) is 5.13 Å². The van der Waals surface area contributed by atoms with Gasteiger partial charge >= 0.3 is 0 Å². The Balaban J connectivity index is 1.59. The first kappa shape index (κ1) is 21.2. The van der Waals surface area contributed by atoms with Crippen LogP contribution in [0.4, 0.5) is 9.52 Å². The number of nitrogens with zero attached hydrogens (tertiary/aromatic N) is 3. The average Bonchev–Trinajstić information content (AvgIpc) is 3.18. The Hall–Kier alpha value is -2.06. The monoisotopic (exact) mass is 447 g/mol. The molecule has 2 heterocycles. The number of thiazole rings is 1. The van der Waals surface area contributed by atoms with Crippen molar-refractivity contribution in [2.24, 2.45) is 0 Å². The molecule has 0 saturated carbocycles. The van der Waals surface area contributed by atoms with Crippen molar-refractivity contribution in [1.29, 1.82) is 0 Å². The van der Waals surface area contributed by atoms with Crippen molar-refractivity contribution in [1.82, 2.24) is 9.88 Å². The molecule has 0 unspecified atom stereocenters. The van der Waals surface area contributed by atoms with Gasteiger partial charge in [0.25, 0.3) is 0 Å². The van der Waals surface area contributed by atoms with Crippen molar-refractivity contribution in [2.45, 2.75) is 13.3 Å². The summed E-state index contributed by atoms with van der Waals surface area (Å²) in [6, 6.07) is 9.86. The van der Waals surface area contributed by atoms with Gasteiger partial charge < -0.3 is 4.74 Å². The molecule has 0 bridgehead atoms. The van der Waals surface area contributed by atoms with Crippen LogP contribution in [0.1, 0.15) is 11.1 Å². The Kier molecular flexibility index (Phi) is 6.63. The van der Waals surface area contributed by atoms with Crippen LogP contribution >= 0.6 is 22.9 Å². The number of morpholine rings is 1. The standard InChI is InChI=1S/C22H23ClFN3O2S/c1-15-18(23)6-7-19-21(15)25-22(30-19)27(9-8-26-10-12-29-13-11-26)20(28)14-16-2-4-17(24)5-3-16/h2-7H,8-14H2,1H3. The van der Waals surface area contributed by atoms with E-state index in [0.717, 1.165) is 41.0 Å². The molecule has 158 valence electrons. The molecule has 1 amide bonds. The summed E-state index contributed by atoms with van der Waals surface area (Å²) in [6.07, 6.45) is 0.194. The minimum absolute atomic E-state index is 0.0577. The van der Waals surface area contributed by atoms with E-state index < -0.39 is 0 Å². The molecule has 3 aromatic rings. The van der Waals surface area contributed by atoms with E-state index in [1.165, 1.54) is 23.5 Å². The molecule has 1 aliphatic rings. The highest BCUT2D eigenvalue weighted by Gasteiger charge is 2.22. The minimum Gasteiger partial charge on any atom is -0.379 e. The number of ether oxygens (including phenoxy) is 1. The lowest BCUT2D eigenvalue weighted by Gasteiger charge is -2.29. The van der Waals surface area contributed by atoms with Crippen LogP contribution in [0.3, 0.4) is 0 Å². The van der Waals surface area contributed by atoms with Crippen molar-refractivity contribution in [3.8, 4) is 0 Å². The zero-order chi connectivity index (χ0) is 21.1. The lowest BCUT2D eigenvalue weighted by molar-refractivity contribution is -0.118. The van der Waals surface area contributed by atoms with E-state index in [1.54, 1.807) is 17.0 Å². The van der Waals surface area contributed by atoms with Crippen LogP contribution < -0.4 is 4.90 Å². The van der Waals surface area contributed by atoms with E-state index in [0.29, 0.717) is 29.9 Å². The maximum atomic E-state index is 13.2. The molecule has 8 heteroatoms. The van der Waals surface area contributed by atoms with Gasteiger partial charge in [-0.15, -0.1) is 0 Å². The zero-order valence-electron chi connectivity index (χ0n) is 16.7. The SMILES string of the molecule is Cc1c(Cl)ccc2sc(N(CCN3CCOCC3)C(=O)Cc3ccc(F)cc3)nc12. The van der Waals surface area contributed by atoms with Crippen LogP contribution in [0.25, 0.3) is 10.2 Å². The average molecular weight is 448 g/mol. The number of rotatable bonds is 6. The number of anilines is 1. The number of aromatic nitrogens is 1. The molecule has 0 radical (unpaired) electrons. The van der Waals surface area contributed by atoms with Gasteiger partial charge in [-0.2, -0.15) is 0 Å². The highest BCUT2D eigenvalue weighted by molar-refractivity contribution is 7.22. The molecule has 0 atom stereocenters. The summed E-state index contributed by atoms with van der Waals surface area (Å²) < 4.78 is 19.6. The normalized spacial score (nSPS) is 14.9. The van der Waals surface area contributed by atoms with Crippen LogP contribution in [0.2, 0.25) is 5.02 Å². The Morgan fingerprint density at radius 3 is 2.70 bits per heavy atom. The maximum absolute atomic E-state index is 13.2. The maximum Gasteiger partial charge on any atom is 0.233 e. The van der Waals surface area contributed by atoms with E-state index in [-0.39, 0.29) is 18.1 Å². The summed E-state index contributed by atoms with van der Waals surface area (Å²) in [7, 11) is 0.